The molecule has 7 atom stereocenters. The van der Waals surface area contributed by atoms with Gasteiger partial charge in [0.25, 0.3) is 0 Å². The molecule has 0 spiro atoms. The zero-order valence-corrected chi connectivity index (χ0v) is 13.8. The van der Waals surface area contributed by atoms with Crippen molar-refractivity contribution in [2.75, 3.05) is 0 Å². The Balaban J connectivity index is 1.78. The van der Waals surface area contributed by atoms with Gasteiger partial charge in [0, 0.05) is 10.5 Å². The number of ketones is 1. The van der Waals surface area contributed by atoms with Crippen LogP contribution in [0.15, 0.2) is 11.6 Å². The van der Waals surface area contributed by atoms with Crippen molar-refractivity contribution >= 4 is 5.78 Å². The van der Waals surface area contributed by atoms with Crippen molar-refractivity contribution in [3.05, 3.63) is 11.6 Å². The van der Waals surface area contributed by atoms with Crippen molar-refractivity contribution in [3.8, 4) is 0 Å². The lowest BCUT2D eigenvalue weighted by Crippen LogP contribution is -2.51. The SMILES string of the molecule is [2H]C([2H])([2H])[C@]12CCC(=O)C=C1CC[C@H]1[C@@H]3CC(C)[C@H](O)[C@@]3(C)CC[C@@H]12. The minimum absolute atomic E-state index is 0.0672. The number of carbonyl (C=O) groups is 1. The van der Waals surface area contributed by atoms with Crippen LogP contribution in [-0.4, -0.2) is 17.0 Å². The molecule has 2 heteroatoms. The van der Waals surface area contributed by atoms with Gasteiger partial charge >= 0.3 is 0 Å². The van der Waals surface area contributed by atoms with Crippen LogP contribution < -0.4 is 0 Å². The van der Waals surface area contributed by atoms with Crippen LogP contribution in [-0.2, 0) is 4.79 Å². The van der Waals surface area contributed by atoms with E-state index in [0.29, 0.717) is 30.6 Å². The van der Waals surface area contributed by atoms with Crippen molar-refractivity contribution < 1.29 is 14.0 Å². The first-order chi connectivity index (χ1) is 11.6. The molecule has 4 rings (SSSR count). The molecule has 3 saturated carbocycles. The van der Waals surface area contributed by atoms with Crippen molar-refractivity contribution in [2.24, 2.45) is 34.5 Å². The maximum Gasteiger partial charge on any atom is 0.155 e. The molecule has 3 fully saturated rings. The molecule has 0 bridgehead atoms. The van der Waals surface area contributed by atoms with Crippen LogP contribution in [0.2, 0.25) is 0 Å². The number of carbonyl (C=O) groups excluding carboxylic acids is 1. The molecule has 4 aliphatic rings. The fourth-order valence-corrected chi connectivity index (χ4v) is 6.56. The second kappa shape index (κ2) is 4.69. The van der Waals surface area contributed by atoms with Gasteiger partial charge in [-0.2, -0.15) is 0 Å². The Morgan fingerprint density at radius 3 is 2.86 bits per heavy atom. The van der Waals surface area contributed by atoms with Gasteiger partial charge in [-0.15, -0.1) is 0 Å². The number of hydrogen-bond acceptors (Lipinski definition) is 2. The Labute approximate surface area is 138 Å². The van der Waals surface area contributed by atoms with Gasteiger partial charge in [0.2, 0.25) is 0 Å². The lowest BCUT2D eigenvalue weighted by Gasteiger charge is -2.57. The molecule has 0 aliphatic heterocycles. The van der Waals surface area contributed by atoms with Gasteiger partial charge in [0.1, 0.15) is 0 Å². The second-order valence-corrected chi connectivity index (χ2v) is 8.73. The van der Waals surface area contributed by atoms with E-state index in [1.807, 2.05) is 0 Å². The summed E-state index contributed by atoms with van der Waals surface area (Å²) in [5, 5.41) is 10.8. The van der Waals surface area contributed by atoms with E-state index in [2.05, 4.69) is 13.8 Å². The van der Waals surface area contributed by atoms with Crippen LogP contribution in [0.25, 0.3) is 0 Å². The summed E-state index contributed by atoms with van der Waals surface area (Å²) in [5.41, 5.74) is 0.0321. The van der Waals surface area contributed by atoms with E-state index >= 15 is 0 Å². The Kier molecular flexibility index (Phi) is 2.52. The number of hydrogen-bond donors (Lipinski definition) is 1. The summed E-state index contributed by atoms with van der Waals surface area (Å²) >= 11 is 0. The Morgan fingerprint density at radius 2 is 2.09 bits per heavy atom. The topological polar surface area (TPSA) is 37.3 Å². The fraction of sp³-hybridized carbons (Fsp3) is 0.850. The molecule has 0 aromatic rings. The summed E-state index contributed by atoms with van der Waals surface area (Å²) in [6, 6.07) is 0. The molecule has 2 nitrogen and oxygen atoms in total. The number of allylic oxidation sites excluding steroid dienone is 1. The fourth-order valence-electron chi connectivity index (χ4n) is 6.56. The first-order valence-electron chi connectivity index (χ1n) is 10.5. The van der Waals surface area contributed by atoms with Gasteiger partial charge in [0.15, 0.2) is 5.78 Å². The molecule has 0 aromatic heterocycles. The molecule has 0 radical (unpaired) electrons. The predicted octanol–water partition coefficient (Wildman–Crippen LogP) is 4.13. The number of fused-ring (bicyclic) bond motifs is 5. The third-order valence-electron chi connectivity index (χ3n) is 7.77. The minimum Gasteiger partial charge on any atom is -0.392 e. The summed E-state index contributed by atoms with van der Waals surface area (Å²) < 4.78 is 25.1. The van der Waals surface area contributed by atoms with Crippen LogP contribution in [0, 0.1) is 34.5 Å². The summed E-state index contributed by atoms with van der Waals surface area (Å²) in [7, 11) is 0. The van der Waals surface area contributed by atoms with E-state index in [9.17, 15) is 9.90 Å². The first-order valence-corrected chi connectivity index (χ1v) is 9.03. The van der Waals surface area contributed by atoms with E-state index in [4.69, 9.17) is 4.11 Å². The first kappa shape index (κ1) is 11.8. The molecular weight excluding hydrogens is 272 g/mol. The molecule has 4 aliphatic carbocycles. The van der Waals surface area contributed by atoms with E-state index in [1.54, 1.807) is 6.08 Å². The molecule has 1 unspecified atom stereocenters. The molecule has 0 aromatic carbocycles. The maximum absolute atomic E-state index is 12.0. The van der Waals surface area contributed by atoms with E-state index in [-0.39, 0.29) is 23.2 Å². The second-order valence-electron chi connectivity index (χ2n) is 8.73. The smallest absolute Gasteiger partial charge is 0.155 e. The molecule has 122 valence electrons. The van der Waals surface area contributed by atoms with Crippen molar-refractivity contribution in [3.63, 3.8) is 0 Å². The van der Waals surface area contributed by atoms with E-state index in [1.165, 1.54) is 0 Å². The largest absolute Gasteiger partial charge is 0.392 e. The number of aliphatic hydroxyl groups is 1. The molecule has 22 heavy (non-hydrogen) atoms. The predicted molar refractivity (Wildman–Crippen MR) is 87.3 cm³/mol. The van der Waals surface area contributed by atoms with Gasteiger partial charge in [-0.25, -0.2) is 0 Å². The average Bonchev–Trinajstić information content (AvgIpc) is 2.77. The summed E-state index contributed by atoms with van der Waals surface area (Å²) in [6.07, 6.45) is 6.74. The molecule has 0 saturated heterocycles. The summed E-state index contributed by atoms with van der Waals surface area (Å²) in [6.45, 7) is 2.30. The van der Waals surface area contributed by atoms with Crippen LogP contribution in [0.3, 0.4) is 0 Å². The van der Waals surface area contributed by atoms with Gasteiger partial charge in [-0.3, -0.25) is 4.79 Å². The van der Waals surface area contributed by atoms with Gasteiger partial charge in [-0.05, 0) is 79.1 Å². The van der Waals surface area contributed by atoms with Crippen molar-refractivity contribution in [2.45, 2.75) is 71.7 Å². The molecular formula is C20H30O2. The highest BCUT2D eigenvalue weighted by atomic mass is 16.3. The van der Waals surface area contributed by atoms with Crippen LogP contribution in [0.4, 0.5) is 0 Å². The summed E-state index contributed by atoms with van der Waals surface area (Å²) in [4.78, 5) is 12.0. The van der Waals surface area contributed by atoms with Crippen molar-refractivity contribution in [1.82, 2.24) is 0 Å². The number of rotatable bonds is 0. The summed E-state index contributed by atoms with van der Waals surface area (Å²) in [5.74, 6) is 1.30. The maximum atomic E-state index is 12.0. The van der Waals surface area contributed by atoms with Gasteiger partial charge < -0.3 is 5.11 Å². The van der Waals surface area contributed by atoms with Crippen LogP contribution >= 0.6 is 0 Å². The normalized spacial score (nSPS) is 56.9. The highest BCUT2D eigenvalue weighted by Gasteiger charge is 2.60. The third-order valence-corrected chi connectivity index (χ3v) is 7.77. The monoisotopic (exact) mass is 305 g/mol. The average molecular weight is 305 g/mol. The van der Waals surface area contributed by atoms with E-state index in [0.717, 1.165) is 37.7 Å². The third kappa shape index (κ3) is 1.79. The molecule has 0 heterocycles. The van der Waals surface area contributed by atoms with Crippen LogP contribution in [0.5, 0.6) is 0 Å². The zero-order valence-electron chi connectivity index (χ0n) is 16.8. The lowest BCUT2D eigenvalue weighted by atomic mass is 9.47. The highest BCUT2D eigenvalue weighted by molar-refractivity contribution is 5.91. The van der Waals surface area contributed by atoms with Crippen molar-refractivity contribution in [1.29, 1.82) is 0 Å². The van der Waals surface area contributed by atoms with Crippen LogP contribution in [0.1, 0.15) is 69.8 Å². The van der Waals surface area contributed by atoms with Gasteiger partial charge in [0.05, 0.1) is 6.10 Å². The Morgan fingerprint density at radius 1 is 1.27 bits per heavy atom. The lowest BCUT2D eigenvalue weighted by molar-refractivity contribution is -0.118. The van der Waals surface area contributed by atoms with E-state index < -0.39 is 12.3 Å². The highest BCUT2D eigenvalue weighted by Crippen LogP contribution is 2.65. The quantitative estimate of drug-likeness (QED) is 0.731. The standard InChI is InChI=1S/C20H30O2/c1-12-10-17-15-5-4-13-11-14(21)6-8-19(13,2)16(15)7-9-20(17,3)18(12)22/h11-12,15-18,22H,4-10H2,1-3H3/t12?,15-,16+,17+,18+,19+,20+/m1/s1/i2D3. The minimum atomic E-state index is -2.06. The number of aliphatic hydroxyl groups excluding tert-OH is 1. The molecule has 0 amide bonds. The Hall–Kier alpha value is -0.630. The molecule has 1 N–H and O–H groups in total. The Bertz CT molecular complexity index is 625. The zero-order chi connectivity index (χ0) is 18.2. The van der Waals surface area contributed by atoms with Gasteiger partial charge in [-0.1, -0.05) is 26.3 Å².